The zero-order valence-corrected chi connectivity index (χ0v) is 17.3. The Bertz CT molecular complexity index is 733. The Hall–Kier alpha value is -2.29. The molecule has 140 valence electrons. The van der Waals surface area contributed by atoms with Crippen molar-refractivity contribution in [2.45, 2.75) is 20.4 Å². The smallest absolute Gasteiger partial charge is 0.243 e. The molecule has 0 atom stereocenters. The Kier molecular flexibility index (Phi) is 9.50. The minimum atomic E-state index is -0.188. The summed E-state index contributed by atoms with van der Waals surface area (Å²) in [6.45, 7) is 5.36. The third-order valence-electron chi connectivity index (χ3n) is 3.41. The molecule has 0 bridgehead atoms. The molecule has 0 saturated carbocycles. The summed E-state index contributed by atoms with van der Waals surface area (Å²) in [6, 6.07) is 14.5. The number of anilines is 1. The van der Waals surface area contributed by atoms with E-state index in [1.54, 1.807) is 12.1 Å². The van der Waals surface area contributed by atoms with Crippen molar-refractivity contribution in [2.24, 2.45) is 4.99 Å². The normalized spacial score (nSPS) is 10.6. The highest BCUT2D eigenvalue weighted by Crippen LogP contribution is 2.13. The Morgan fingerprint density at radius 2 is 1.85 bits per heavy atom. The average molecular weight is 468 g/mol. The number of aliphatic imine (C=N–C) groups is 1. The van der Waals surface area contributed by atoms with Crippen molar-refractivity contribution in [3.05, 3.63) is 59.7 Å². The van der Waals surface area contributed by atoms with Crippen LogP contribution in [0.5, 0.6) is 5.75 Å². The van der Waals surface area contributed by atoms with Gasteiger partial charge in [-0.1, -0.05) is 29.8 Å². The number of rotatable bonds is 6. The molecule has 0 aliphatic carbocycles. The molecule has 4 N–H and O–H groups in total. The lowest BCUT2D eigenvalue weighted by molar-refractivity contribution is -0.115. The molecule has 0 fully saturated rings. The monoisotopic (exact) mass is 468 g/mol. The quantitative estimate of drug-likeness (QED) is 0.227. The van der Waals surface area contributed by atoms with Gasteiger partial charge < -0.3 is 21.1 Å². The van der Waals surface area contributed by atoms with Crippen LogP contribution in [-0.4, -0.2) is 30.1 Å². The van der Waals surface area contributed by atoms with Gasteiger partial charge >= 0.3 is 0 Å². The molecular formula is C19H25IN4O2. The number of phenolic OH excluding ortho intramolecular Hbond substituents is 1. The van der Waals surface area contributed by atoms with Crippen molar-refractivity contribution in [2.75, 3.05) is 18.4 Å². The van der Waals surface area contributed by atoms with Gasteiger partial charge in [0.25, 0.3) is 0 Å². The van der Waals surface area contributed by atoms with Crippen LogP contribution in [0.1, 0.15) is 18.1 Å². The maximum Gasteiger partial charge on any atom is 0.243 e. The number of amides is 1. The van der Waals surface area contributed by atoms with Crippen LogP contribution in [0.2, 0.25) is 0 Å². The fourth-order valence-electron chi connectivity index (χ4n) is 2.24. The molecule has 26 heavy (non-hydrogen) atoms. The standard InChI is InChI=1S/C19H24N4O2.HI/c1-3-20-19(21-12-15-6-4-5-14(2)11-15)22-13-18(25)23-16-7-9-17(24)10-8-16;/h4-11,24H,3,12-13H2,1-2H3,(H,23,25)(H2,20,21,22);1H. The topological polar surface area (TPSA) is 85.8 Å². The molecule has 2 rings (SSSR count). The molecule has 0 radical (unpaired) electrons. The van der Waals surface area contributed by atoms with Gasteiger partial charge in [0.15, 0.2) is 5.96 Å². The molecule has 0 saturated heterocycles. The molecule has 0 aliphatic rings. The Balaban J connectivity index is 0.00000338. The van der Waals surface area contributed by atoms with Crippen LogP contribution in [0.25, 0.3) is 0 Å². The van der Waals surface area contributed by atoms with Crippen molar-refractivity contribution in [1.82, 2.24) is 10.6 Å². The molecule has 1 amide bonds. The number of aromatic hydroxyl groups is 1. The van der Waals surface area contributed by atoms with Gasteiger partial charge in [0, 0.05) is 12.2 Å². The SMILES string of the molecule is CCNC(=NCc1cccc(C)c1)NCC(=O)Nc1ccc(O)cc1.I. The second-order valence-electron chi connectivity index (χ2n) is 5.63. The first-order valence-electron chi connectivity index (χ1n) is 8.23. The third-order valence-corrected chi connectivity index (χ3v) is 3.41. The first-order valence-corrected chi connectivity index (χ1v) is 8.23. The number of hydrogen-bond donors (Lipinski definition) is 4. The molecule has 2 aromatic rings. The van der Waals surface area contributed by atoms with Gasteiger partial charge in [0.2, 0.25) is 5.91 Å². The summed E-state index contributed by atoms with van der Waals surface area (Å²) in [4.78, 5) is 16.5. The number of benzene rings is 2. The van der Waals surface area contributed by atoms with E-state index in [0.29, 0.717) is 24.7 Å². The summed E-state index contributed by atoms with van der Waals surface area (Å²) in [5, 5.41) is 18.1. The molecule has 7 heteroatoms. The van der Waals surface area contributed by atoms with Crippen LogP contribution >= 0.6 is 24.0 Å². The van der Waals surface area contributed by atoms with Crippen LogP contribution in [0, 0.1) is 6.92 Å². The van der Waals surface area contributed by atoms with Crippen LogP contribution in [-0.2, 0) is 11.3 Å². The maximum atomic E-state index is 12.0. The fraction of sp³-hybridized carbons (Fsp3) is 0.263. The molecule has 2 aromatic carbocycles. The number of carbonyl (C=O) groups is 1. The highest BCUT2D eigenvalue weighted by molar-refractivity contribution is 14.0. The Morgan fingerprint density at radius 3 is 2.50 bits per heavy atom. The zero-order valence-electron chi connectivity index (χ0n) is 15.0. The molecule has 0 heterocycles. The summed E-state index contributed by atoms with van der Waals surface area (Å²) < 4.78 is 0. The fourth-order valence-corrected chi connectivity index (χ4v) is 2.24. The number of guanidine groups is 1. The van der Waals surface area contributed by atoms with E-state index in [1.165, 1.54) is 17.7 Å². The average Bonchev–Trinajstić information content (AvgIpc) is 2.59. The first kappa shape index (κ1) is 21.8. The lowest BCUT2D eigenvalue weighted by atomic mass is 10.1. The van der Waals surface area contributed by atoms with E-state index in [2.05, 4.69) is 27.0 Å². The van der Waals surface area contributed by atoms with Crippen LogP contribution < -0.4 is 16.0 Å². The Morgan fingerprint density at radius 1 is 1.12 bits per heavy atom. The van der Waals surface area contributed by atoms with Crippen molar-refractivity contribution in [1.29, 1.82) is 0 Å². The summed E-state index contributed by atoms with van der Waals surface area (Å²) in [5.74, 6) is 0.561. The van der Waals surface area contributed by atoms with Gasteiger partial charge in [-0.2, -0.15) is 0 Å². The number of hydrogen-bond acceptors (Lipinski definition) is 3. The summed E-state index contributed by atoms with van der Waals surface area (Å²) >= 11 is 0. The Labute approximate surface area is 171 Å². The van der Waals surface area contributed by atoms with Crippen molar-refractivity contribution in [3.63, 3.8) is 0 Å². The summed E-state index contributed by atoms with van der Waals surface area (Å²) in [6.07, 6.45) is 0. The lowest BCUT2D eigenvalue weighted by Gasteiger charge is -2.11. The maximum absolute atomic E-state index is 12.0. The van der Waals surface area contributed by atoms with Gasteiger partial charge in [-0.25, -0.2) is 4.99 Å². The van der Waals surface area contributed by atoms with E-state index in [9.17, 15) is 9.90 Å². The summed E-state index contributed by atoms with van der Waals surface area (Å²) in [5.41, 5.74) is 2.94. The predicted molar refractivity (Wildman–Crippen MR) is 116 cm³/mol. The lowest BCUT2D eigenvalue weighted by Crippen LogP contribution is -2.41. The number of phenols is 1. The van der Waals surface area contributed by atoms with Crippen LogP contribution in [0.3, 0.4) is 0 Å². The van der Waals surface area contributed by atoms with Gasteiger partial charge in [-0.3, -0.25) is 4.79 Å². The van der Waals surface area contributed by atoms with E-state index < -0.39 is 0 Å². The van der Waals surface area contributed by atoms with Crippen molar-refractivity contribution >= 4 is 41.5 Å². The van der Waals surface area contributed by atoms with Crippen LogP contribution in [0.4, 0.5) is 5.69 Å². The largest absolute Gasteiger partial charge is 0.508 e. The minimum Gasteiger partial charge on any atom is -0.508 e. The third kappa shape index (κ3) is 7.73. The number of halogens is 1. The molecule has 0 spiro atoms. The number of aryl methyl sites for hydroxylation is 1. The summed E-state index contributed by atoms with van der Waals surface area (Å²) in [7, 11) is 0. The van der Waals surface area contributed by atoms with E-state index in [1.807, 2.05) is 32.0 Å². The molecule has 0 aromatic heterocycles. The molecular weight excluding hydrogens is 443 g/mol. The van der Waals surface area contributed by atoms with Gasteiger partial charge in [0.05, 0.1) is 13.1 Å². The molecule has 0 unspecified atom stereocenters. The zero-order chi connectivity index (χ0) is 18.1. The molecule has 6 nitrogen and oxygen atoms in total. The number of nitrogens with zero attached hydrogens (tertiary/aromatic N) is 1. The van der Waals surface area contributed by atoms with Gasteiger partial charge in [-0.15, -0.1) is 24.0 Å². The number of carbonyl (C=O) groups excluding carboxylic acids is 1. The van der Waals surface area contributed by atoms with E-state index in [-0.39, 0.29) is 42.2 Å². The van der Waals surface area contributed by atoms with E-state index in [4.69, 9.17) is 0 Å². The predicted octanol–water partition coefficient (Wildman–Crippen LogP) is 3.01. The van der Waals surface area contributed by atoms with Gasteiger partial charge in [-0.05, 0) is 43.7 Å². The van der Waals surface area contributed by atoms with E-state index in [0.717, 1.165) is 5.56 Å². The highest BCUT2D eigenvalue weighted by atomic mass is 127. The van der Waals surface area contributed by atoms with Gasteiger partial charge in [0.1, 0.15) is 5.75 Å². The second-order valence-corrected chi connectivity index (χ2v) is 5.63. The number of nitrogens with one attached hydrogen (secondary N) is 3. The second kappa shape index (κ2) is 11.3. The first-order chi connectivity index (χ1) is 12.1. The van der Waals surface area contributed by atoms with Crippen molar-refractivity contribution < 1.29 is 9.90 Å². The molecule has 0 aliphatic heterocycles. The van der Waals surface area contributed by atoms with E-state index >= 15 is 0 Å². The highest BCUT2D eigenvalue weighted by Gasteiger charge is 2.04. The minimum absolute atomic E-state index is 0. The van der Waals surface area contributed by atoms with Crippen molar-refractivity contribution in [3.8, 4) is 5.75 Å². The van der Waals surface area contributed by atoms with Crippen LogP contribution in [0.15, 0.2) is 53.5 Å².